The number of imidazole rings is 1. The molecule has 0 spiro atoms. The number of carbonyl (C=O) groups excluding carboxylic acids is 1. The van der Waals surface area contributed by atoms with E-state index in [0.29, 0.717) is 12.5 Å². The van der Waals surface area contributed by atoms with Crippen molar-refractivity contribution in [1.29, 1.82) is 0 Å². The van der Waals surface area contributed by atoms with Gasteiger partial charge >= 0.3 is 0 Å². The fraction of sp³-hybridized carbons (Fsp3) is 0.385. The Bertz CT molecular complexity index is 528. The monoisotopic (exact) mass is 261 g/mol. The Hall–Kier alpha value is -1.62. The summed E-state index contributed by atoms with van der Waals surface area (Å²) in [5.41, 5.74) is 0. The largest absolute Gasteiger partial charge is 0.354 e. The Labute approximate surface area is 110 Å². The molecule has 0 bridgehead atoms. The van der Waals surface area contributed by atoms with Gasteiger partial charge in [-0.3, -0.25) is 4.79 Å². The first-order chi connectivity index (χ1) is 8.83. The maximum Gasteiger partial charge on any atom is 0.240 e. The molecule has 0 radical (unpaired) electrons. The van der Waals surface area contributed by atoms with Crippen molar-refractivity contribution in [3.05, 3.63) is 29.9 Å². The normalized spacial score (nSPS) is 14.7. The van der Waals surface area contributed by atoms with E-state index in [2.05, 4.69) is 10.3 Å². The van der Waals surface area contributed by atoms with Gasteiger partial charge in [0, 0.05) is 18.9 Å². The van der Waals surface area contributed by atoms with Crippen molar-refractivity contribution in [2.24, 2.45) is 5.92 Å². The maximum atomic E-state index is 11.8. The quantitative estimate of drug-likeness (QED) is 0.896. The summed E-state index contributed by atoms with van der Waals surface area (Å²) in [6, 6.07) is 4.01. The lowest BCUT2D eigenvalue weighted by atomic mass is 10.4. The van der Waals surface area contributed by atoms with Gasteiger partial charge in [-0.05, 0) is 30.2 Å². The van der Waals surface area contributed by atoms with Gasteiger partial charge in [-0.2, -0.15) is 0 Å². The molecule has 0 atom stereocenters. The zero-order chi connectivity index (χ0) is 12.4. The van der Waals surface area contributed by atoms with Crippen LogP contribution in [0.4, 0.5) is 0 Å². The molecule has 1 aliphatic rings. The predicted octanol–water partition coefficient (Wildman–Crippen LogP) is 2.14. The van der Waals surface area contributed by atoms with Crippen molar-refractivity contribution in [1.82, 2.24) is 14.9 Å². The summed E-state index contributed by atoms with van der Waals surface area (Å²) in [6.45, 7) is 1.17. The SMILES string of the molecule is O=C(Cn1ccnc1-c1cccs1)NCC1CC1. The number of nitrogens with one attached hydrogen (secondary N) is 1. The van der Waals surface area contributed by atoms with Crippen LogP contribution in [0.5, 0.6) is 0 Å². The highest BCUT2D eigenvalue weighted by atomic mass is 32.1. The van der Waals surface area contributed by atoms with Gasteiger partial charge in [0.1, 0.15) is 12.4 Å². The van der Waals surface area contributed by atoms with E-state index in [1.54, 1.807) is 17.5 Å². The smallest absolute Gasteiger partial charge is 0.240 e. The van der Waals surface area contributed by atoms with Gasteiger partial charge in [-0.25, -0.2) is 4.98 Å². The minimum atomic E-state index is 0.0673. The first-order valence-electron chi connectivity index (χ1n) is 6.14. The minimum absolute atomic E-state index is 0.0673. The highest BCUT2D eigenvalue weighted by Crippen LogP contribution is 2.27. The van der Waals surface area contributed by atoms with Crippen molar-refractivity contribution in [3.63, 3.8) is 0 Å². The number of rotatable bonds is 5. The summed E-state index contributed by atoms with van der Waals surface area (Å²) >= 11 is 1.64. The molecule has 0 aromatic carbocycles. The molecule has 1 amide bonds. The third kappa shape index (κ3) is 2.61. The van der Waals surface area contributed by atoms with Crippen molar-refractivity contribution < 1.29 is 4.79 Å². The molecule has 18 heavy (non-hydrogen) atoms. The van der Waals surface area contributed by atoms with E-state index >= 15 is 0 Å². The Morgan fingerprint density at radius 1 is 1.56 bits per heavy atom. The third-order valence-electron chi connectivity index (χ3n) is 3.06. The Morgan fingerprint density at radius 2 is 2.44 bits per heavy atom. The van der Waals surface area contributed by atoms with Crippen LogP contribution in [0.3, 0.4) is 0 Å². The van der Waals surface area contributed by atoms with Crippen LogP contribution in [0.25, 0.3) is 10.7 Å². The first kappa shape index (κ1) is 11.5. The molecule has 0 saturated heterocycles. The van der Waals surface area contributed by atoms with Crippen LogP contribution in [-0.2, 0) is 11.3 Å². The van der Waals surface area contributed by atoms with Crippen molar-refractivity contribution in [3.8, 4) is 10.7 Å². The van der Waals surface area contributed by atoms with E-state index in [0.717, 1.165) is 17.2 Å². The van der Waals surface area contributed by atoms with Crippen LogP contribution < -0.4 is 5.32 Å². The number of amides is 1. The second-order valence-corrected chi connectivity index (χ2v) is 5.55. The van der Waals surface area contributed by atoms with E-state index in [1.807, 2.05) is 28.3 Å². The number of carbonyl (C=O) groups is 1. The van der Waals surface area contributed by atoms with Gasteiger partial charge in [0.15, 0.2) is 0 Å². The zero-order valence-corrected chi connectivity index (χ0v) is 10.8. The number of aromatic nitrogens is 2. The molecule has 1 saturated carbocycles. The van der Waals surface area contributed by atoms with E-state index < -0.39 is 0 Å². The van der Waals surface area contributed by atoms with Gasteiger partial charge in [-0.1, -0.05) is 6.07 Å². The summed E-state index contributed by atoms with van der Waals surface area (Å²) < 4.78 is 1.90. The Kier molecular flexibility index (Phi) is 3.15. The van der Waals surface area contributed by atoms with Crippen molar-refractivity contribution in [2.75, 3.05) is 6.54 Å². The summed E-state index contributed by atoms with van der Waals surface area (Å²) in [7, 11) is 0. The van der Waals surface area contributed by atoms with Crippen LogP contribution in [0.2, 0.25) is 0 Å². The summed E-state index contributed by atoms with van der Waals surface area (Å²) in [6.07, 6.45) is 6.10. The van der Waals surface area contributed by atoms with Crippen LogP contribution in [0.1, 0.15) is 12.8 Å². The van der Waals surface area contributed by atoms with Gasteiger partial charge in [-0.15, -0.1) is 11.3 Å². The molecule has 0 unspecified atom stereocenters. The Balaban J connectivity index is 1.65. The molecule has 94 valence electrons. The zero-order valence-electron chi connectivity index (χ0n) is 10.0. The molecule has 3 rings (SSSR count). The van der Waals surface area contributed by atoms with Crippen molar-refractivity contribution in [2.45, 2.75) is 19.4 Å². The lowest BCUT2D eigenvalue weighted by Crippen LogP contribution is -2.29. The van der Waals surface area contributed by atoms with Gasteiger partial charge < -0.3 is 9.88 Å². The third-order valence-corrected chi connectivity index (χ3v) is 3.92. The standard InChI is InChI=1S/C13H15N3OS/c17-12(15-8-10-3-4-10)9-16-6-5-14-13(16)11-2-1-7-18-11/h1-2,5-7,10H,3-4,8-9H2,(H,15,17). The average Bonchev–Trinajstić information content (AvgIpc) is 2.85. The van der Waals surface area contributed by atoms with Crippen LogP contribution in [0.15, 0.2) is 29.9 Å². The van der Waals surface area contributed by atoms with E-state index in [9.17, 15) is 4.79 Å². The molecular weight excluding hydrogens is 246 g/mol. The molecule has 2 aromatic heterocycles. The fourth-order valence-electron chi connectivity index (χ4n) is 1.86. The lowest BCUT2D eigenvalue weighted by Gasteiger charge is -2.07. The summed E-state index contributed by atoms with van der Waals surface area (Å²) in [5, 5.41) is 4.99. The molecule has 1 aliphatic carbocycles. The van der Waals surface area contributed by atoms with Gasteiger partial charge in [0.05, 0.1) is 4.88 Å². The highest BCUT2D eigenvalue weighted by molar-refractivity contribution is 7.13. The molecule has 5 heteroatoms. The molecular formula is C13H15N3OS. The number of hydrogen-bond acceptors (Lipinski definition) is 3. The number of hydrogen-bond donors (Lipinski definition) is 1. The van der Waals surface area contributed by atoms with Crippen LogP contribution >= 0.6 is 11.3 Å². The van der Waals surface area contributed by atoms with Crippen molar-refractivity contribution >= 4 is 17.2 Å². The van der Waals surface area contributed by atoms with E-state index in [1.165, 1.54) is 12.8 Å². The van der Waals surface area contributed by atoms with E-state index in [4.69, 9.17) is 0 Å². The van der Waals surface area contributed by atoms with E-state index in [-0.39, 0.29) is 5.91 Å². The molecule has 1 fully saturated rings. The van der Waals surface area contributed by atoms with Gasteiger partial charge in [0.2, 0.25) is 5.91 Å². The minimum Gasteiger partial charge on any atom is -0.354 e. The lowest BCUT2D eigenvalue weighted by molar-refractivity contribution is -0.121. The summed E-state index contributed by atoms with van der Waals surface area (Å²) in [4.78, 5) is 17.2. The van der Waals surface area contributed by atoms with Crippen LogP contribution in [0, 0.1) is 5.92 Å². The topological polar surface area (TPSA) is 46.9 Å². The average molecular weight is 261 g/mol. The van der Waals surface area contributed by atoms with Gasteiger partial charge in [0.25, 0.3) is 0 Å². The molecule has 1 N–H and O–H groups in total. The summed E-state index contributed by atoms with van der Waals surface area (Å²) in [5.74, 6) is 1.65. The molecule has 0 aliphatic heterocycles. The first-order valence-corrected chi connectivity index (χ1v) is 7.02. The highest BCUT2D eigenvalue weighted by Gasteiger charge is 2.21. The molecule has 4 nitrogen and oxygen atoms in total. The predicted molar refractivity (Wildman–Crippen MR) is 71.3 cm³/mol. The van der Waals surface area contributed by atoms with Crippen LogP contribution in [-0.4, -0.2) is 22.0 Å². The Morgan fingerprint density at radius 3 is 3.17 bits per heavy atom. The number of thiophene rings is 1. The fourth-order valence-corrected chi connectivity index (χ4v) is 2.59. The second kappa shape index (κ2) is 4.94. The molecule has 2 aromatic rings. The maximum absolute atomic E-state index is 11.8. The number of nitrogens with zero attached hydrogens (tertiary/aromatic N) is 2. The second-order valence-electron chi connectivity index (χ2n) is 4.60. The molecule has 2 heterocycles.